The number of carbonyl (C=O) groups excluding carboxylic acids is 1. The highest BCUT2D eigenvalue weighted by atomic mass is 16.3. The van der Waals surface area contributed by atoms with Crippen LogP contribution in [0, 0.1) is 0 Å². The van der Waals surface area contributed by atoms with Crippen molar-refractivity contribution in [2.75, 3.05) is 31.1 Å². The first kappa shape index (κ1) is 17.0. The molecular formula is C20H22N6O2. The highest BCUT2D eigenvalue weighted by Gasteiger charge is 2.26. The molecule has 1 amide bonds. The van der Waals surface area contributed by atoms with Gasteiger partial charge in [-0.15, -0.1) is 5.10 Å². The van der Waals surface area contributed by atoms with Crippen LogP contribution in [0.1, 0.15) is 28.2 Å². The van der Waals surface area contributed by atoms with Crippen molar-refractivity contribution in [3.05, 3.63) is 47.5 Å². The summed E-state index contributed by atoms with van der Waals surface area (Å²) in [4.78, 5) is 17.1. The fraction of sp³-hybridized carbons (Fsp3) is 0.400. The third-order valence-corrected chi connectivity index (χ3v) is 5.57. The third-order valence-electron chi connectivity index (χ3n) is 5.57. The molecule has 0 N–H and O–H groups in total. The normalized spacial score (nSPS) is 16.5. The van der Waals surface area contributed by atoms with Gasteiger partial charge in [0, 0.05) is 39.3 Å². The van der Waals surface area contributed by atoms with E-state index in [-0.39, 0.29) is 5.91 Å². The molecule has 0 atom stereocenters. The van der Waals surface area contributed by atoms with Crippen molar-refractivity contribution in [1.82, 2.24) is 24.9 Å². The molecule has 1 saturated heterocycles. The average Bonchev–Trinajstić information content (AvgIpc) is 3.47. The van der Waals surface area contributed by atoms with Crippen molar-refractivity contribution < 1.29 is 9.21 Å². The molecule has 4 heterocycles. The summed E-state index contributed by atoms with van der Waals surface area (Å²) in [5.41, 5.74) is 3.70. The van der Waals surface area contributed by atoms with E-state index in [2.05, 4.69) is 26.3 Å². The zero-order valence-electron chi connectivity index (χ0n) is 15.8. The van der Waals surface area contributed by atoms with Crippen molar-refractivity contribution >= 4 is 11.7 Å². The van der Waals surface area contributed by atoms with Gasteiger partial charge in [-0.1, -0.05) is 0 Å². The summed E-state index contributed by atoms with van der Waals surface area (Å²) < 4.78 is 7.01. The van der Waals surface area contributed by atoms with E-state index in [4.69, 9.17) is 4.42 Å². The SMILES string of the molecule is Cn1nc(-c2ccco2)cc1C(=O)N1CCN(c2cc3c(nn2)CCC3)CC1. The van der Waals surface area contributed by atoms with Crippen LogP contribution in [0.3, 0.4) is 0 Å². The van der Waals surface area contributed by atoms with Crippen molar-refractivity contribution in [1.29, 1.82) is 0 Å². The summed E-state index contributed by atoms with van der Waals surface area (Å²) in [6, 6.07) is 7.61. The minimum Gasteiger partial charge on any atom is -0.463 e. The van der Waals surface area contributed by atoms with E-state index >= 15 is 0 Å². The maximum absolute atomic E-state index is 13.0. The molecule has 1 aliphatic heterocycles. The second kappa shape index (κ2) is 6.78. The van der Waals surface area contributed by atoms with Gasteiger partial charge in [0.1, 0.15) is 11.4 Å². The molecule has 1 aliphatic carbocycles. The second-order valence-corrected chi connectivity index (χ2v) is 7.32. The molecule has 28 heavy (non-hydrogen) atoms. The zero-order valence-corrected chi connectivity index (χ0v) is 15.8. The summed E-state index contributed by atoms with van der Waals surface area (Å²) in [6.45, 7) is 2.81. The molecule has 0 aromatic carbocycles. The number of anilines is 1. The molecule has 8 nitrogen and oxygen atoms in total. The predicted molar refractivity (Wildman–Crippen MR) is 103 cm³/mol. The van der Waals surface area contributed by atoms with Crippen LogP contribution >= 0.6 is 0 Å². The van der Waals surface area contributed by atoms with E-state index in [0.717, 1.165) is 37.4 Å². The number of hydrogen-bond donors (Lipinski definition) is 0. The van der Waals surface area contributed by atoms with Crippen molar-refractivity contribution in [3.63, 3.8) is 0 Å². The van der Waals surface area contributed by atoms with Crippen LogP contribution in [0.15, 0.2) is 34.9 Å². The number of fused-ring (bicyclic) bond motifs is 1. The van der Waals surface area contributed by atoms with Gasteiger partial charge in [-0.05, 0) is 43.0 Å². The zero-order chi connectivity index (χ0) is 19.1. The Labute approximate surface area is 162 Å². The highest BCUT2D eigenvalue weighted by Crippen LogP contribution is 2.24. The van der Waals surface area contributed by atoms with Crippen LogP contribution in [-0.2, 0) is 19.9 Å². The Morgan fingerprint density at radius 1 is 1.11 bits per heavy atom. The lowest BCUT2D eigenvalue weighted by atomic mass is 10.2. The van der Waals surface area contributed by atoms with Crippen molar-refractivity contribution in [2.24, 2.45) is 7.05 Å². The van der Waals surface area contributed by atoms with E-state index in [0.29, 0.717) is 30.2 Å². The van der Waals surface area contributed by atoms with Gasteiger partial charge in [-0.25, -0.2) is 0 Å². The Hall–Kier alpha value is -3.16. The highest BCUT2D eigenvalue weighted by molar-refractivity contribution is 5.93. The van der Waals surface area contributed by atoms with Gasteiger partial charge < -0.3 is 14.2 Å². The van der Waals surface area contributed by atoms with Gasteiger partial charge in [0.2, 0.25) is 0 Å². The molecule has 8 heteroatoms. The smallest absolute Gasteiger partial charge is 0.272 e. The maximum Gasteiger partial charge on any atom is 0.272 e. The first-order valence-corrected chi connectivity index (χ1v) is 9.66. The topological polar surface area (TPSA) is 80.3 Å². The maximum atomic E-state index is 13.0. The molecule has 1 fully saturated rings. The van der Waals surface area contributed by atoms with E-state index in [9.17, 15) is 4.79 Å². The van der Waals surface area contributed by atoms with Crippen LogP contribution in [0.4, 0.5) is 5.82 Å². The first-order chi connectivity index (χ1) is 13.7. The van der Waals surface area contributed by atoms with E-state index < -0.39 is 0 Å². The quantitative estimate of drug-likeness (QED) is 0.693. The lowest BCUT2D eigenvalue weighted by Gasteiger charge is -2.35. The van der Waals surface area contributed by atoms with Crippen LogP contribution in [0.5, 0.6) is 0 Å². The average molecular weight is 378 g/mol. The molecule has 0 radical (unpaired) electrons. The Morgan fingerprint density at radius 2 is 1.96 bits per heavy atom. The lowest BCUT2D eigenvalue weighted by molar-refractivity contribution is 0.0735. The number of nitrogens with zero attached hydrogens (tertiary/aromatic N) is 6. The Morgan fingerprint density at radius 3 is 2.75 bits per heavy atom. The minimum atomic E-state index is -0.00695. The molecule has 0 unspecified atom stereocenters. The number of rotatable bonds is 3. The molecule has 3 aromatic rings. The van der Waals surface area contributed by atoms with Gasteiger partial charge in [0.15, 0.2) is 11.6 Å². The number of hydrogen-bond acceptors (Lipinski definition) is 6. The van der Waals surface area contributed by atoms with Crippen LogP contribution in [0.25, 0.3) is 11.5 Å². The molecule has 0 bridgehead atoms. The first-order valence-electron chi connectivity index (χ1n) is 9.66. The van der Waals surface area contributed by atoms with E-state index in [1.165, 1.54) is 12.0 Å². The Kier molecular flexibility index (Phi) is 4.11. The van der Waals surface area contributed by atoms with Gasteiger partial charge in [-0.3, -0.25) is 9.48 Å². The second-order valence-electron chi connectivity index (χ2n) is 7.32. The van der Waals surface area contributed by atoms with Crippen LogP contribution in [0.2, 0.25) is 0 Å². The third kappa shape index (κ3) is 2.94. The molecule has 144 valence electrons. The standard InChI is InChI=1S/C20H22N6O2/c1-24-17(13-16(23-24)18-6-3-11-28-18)20(27)26-9-7-25(8-10-26)19-12-14-4-2-5-15(14)21-22-19/h3,6,11-13H,2,4-5,7-10H2,1H3. The van der Waals surface area contributed by atoms with Gasteiger partial charge in [0.25, 0.3) is 5.91 Å². The van der Waals surface area contributed by atoms with Crippen molar-refractivity contribution in [3.8, 4) is 11.5 Å². The molecule has 0 saturated carbocycles. The number of aryl methyl sites for hydroxylation is 3. The summed E-state index contributed by atoms with van der Waals surface area (Å²) in [6.07, 6.45) is 4.90. The number of piperazine rings is 1. The monoisotopic (exact) mass is 378 g/mol. The van der Waals surface area contributed by atoms with Gasteiger partial charge in [-0.2, -0.15) is 10.2 Å². The molecular weight excluding hydrogens is 356 g/mol. The predicted octanol–water partition coefficient (Wildman–Crippen LogP) is 1.92. The van der Waals surface area contributed by atoms with E-state index in [1.807, 2.05) is 17.0 Å². The largest absolute Gasteiger partial charge is 0.463 e. The summed E-state index contributed by atoms with van der Waals surface area (Å²) in [5.74, 6) is 1.58. The van der Waals surface area contributed by atoms with Crippen LogP contribution in [-0.4, -0.2) is 57.0 Å². The Bertz CT molecular complexity index is 1000. The fourth-order valence-corrected chi connectivity index (χ4v) is 3.98. The van der Waals surface area contributed by atoms with Gasteiger partial charge >= 0.3 is 0 Å². The Balaban J connectivity index is 1.27. The molecule has 0 spiro atoms. The molecule has 3 aromatic heterocycles. The summed E-state index contributed by atoms with van der Waals surface area (Å²) in [7, 11) is 1.79. The van der Waals surface area contributed by atoms with E-state index in [1.54, 1.807) is 24.1 Å². The summed E-state index contributed by atoms with van der Waals surface area (Å²) >= 11 is 0. The minimum absolute atomic E-state index is 0.00695. The number of furan rings is 1. The van der Waals surface area contributed by atoms with Crippen LogP contribution < -0.4 is 4.90 Å². The van der Waals surface area contributed by atoms with Crippen molar-refractivity contribution in [2.45, 2.75) is 19.3 Å². The van der Waals surface area contributed by atoms with Gasteiger partial charge in [0.05, 0.1) is 12.0 Å². The molecule has 2 aliphatic rings. The lowest BCUT2D eigenvalue weighted by Crippen LogP contribution is -2.49. The fourth-order valence-electron chi connectivity index (χ4n) is 3.98. The summed E-state index contributed by atoms with van der Waals surface area (Å²) in [5, 5.41) is 13.2. The number of amides is 1. The number of carbonyl (C=O) groups is 1. The molecule has 5 rings (SSSR count). The number of aromatic nitrogens is 4.